The molecule has 2 aromatic rings. The Morgan fingerprint density at radius 2 is 1.50 bits per heavy atom. The quantitative estimate of drug-likeness (QED) is 0.253. The lowest BCUT2D eigenvalue weighted by molar-refractivity contribution is -0.159. The zero-order valence-corrected chi connectivity index (χ0v) is 29.6. The Morgan fingerprint density at radius 1 is 0.870 bits per heavy atom. The highest BCUT2D eigenvalue weighted by Gasteiger charge is 2.45. The van der Waals surface area contributed by atoms with Gasteiger partial charge in [-0.1, -0.05) is 48.5 Å². The molecule has 0 radical (unpaired) electrons. The van der Waals surface area contributed by atoms with E-state index in [1.54, 1.807) is 58.2 Å². The molecular formula is C36H51N3O6S. The maximum atomic E-state index is 14.5. The Hall–Kier alpha value is -3.53. The smallest absolute Gasteiger partial charge is 0.408 e. The molecule has 3 amide bonds. The zero-order valence-electron chi connectivity index (χ0n) is 28.8. The third-order valence-corrected chi connectivity index (χ3v) is 8.10. The van der Waals surface area contributed by atoms with Crippen molar-refractivity contribution < 1.29 is 28.7 Å². The molecule has 2 N–H and O–H groups in total. The van der Waals surface area contributed by atoms with Crippen molar-refractivity contribution in [2.24, 2.45) is 0 Å². The molecule has 252 valence electrons. The van der Waals surface area contributed by atoms with Crippen LogP contribution in [0.2, 0.25) is 0 Å². The van der Waals surface area contributed by atoms with Crippen molar-refractivity contribution in [3.8, 4) is 0 Å². The number of carbonyl (C=O) groups is 4. The number of ether oxygens (including phenoxy) is 2. The van der Waals surface area contributed by atoms with Crippen LogP contribution >= 0.6 is 11.8 Å². The third kappa shape index (κ3) is 11.4. The van der Waals surface area contributed by atoms with E-state index in [9.17, 15) is 19.2 Å². The average Bonchev–Trinajstić information content (AvgIpc) is 3.78. The normalized spacial score (nSPS) is 15.2. The van der Waals surface area contributed by atoms with Gasteiger partial charge in [0.1, 0.15) is 29.3 Å². The predicted octanol–water partition coefficient (Wildman–Crippen LogP) is 6.05. The van der Waals surface area contributed by atoms with Crippen molar-refractivity contribution in [3.05, 3.63) is 70.8 Å². The molecule has 1 aliphatic carbocycles. The molecule has 46 heavy (non-hydrogen) atoms. The molecule has 10 heteroatoms. The number of hydrogen-bond donors (Lipinski definition) is 2. The number of nitrogens with zero attached hydrogens (tertiary/aromatic N) is 1. The molecule has 2 aromatic carbocycles. The fourth-order valence-corrected chi connectivity index (χ4v) is 5.50. The van der Waals surface area contributed by atoms with E-state index in [0.29, 0.717) is 17.7 Å². The Labute approximate surface area is 278 Å². The van der Waals surface area contributed by atoms with E-state index in [0.717, 1.165) is 29.5 Å². The SMILES string of the molecule is CSCCC(NC(=O)OC(C)(C)C)C(=O)N(C1CC1)C(C(=O)NC(Cc1ccccc1)C(=O)OC(C)(C)C)c1ccc(C)c(C)c1. The van der Waals surface area contributed by atoms with Gasteiger partial charge in [-0.2, -0.15) is 11.8 Å². The number of benzene rings is 2. The first kappa shape index (κ1) is 36.9. The molecule has 1 aliphatic rings. The Kier molecular flexibility index (Phi) is 12.7. The van der Waals surface area contributed by atoms with E-state index in [1.165, 1.54) is 0 Å². The van der Waals surface area contributed by atoms with E-state index in [2.05, 4.69) is 10.6 Å². The molecule has 1 fully saturated rings. The van der Waals surface area contributed by atoms with Crippen molar-refractivity contribution in [1.82, 2.24) is 15.5 Å². The van der Waals surface area contributed by atoms with Gasteiger partial charge >= 0.3 is 12.1 Å². The first-order valence-corrected chi connectivity index (χ1v) is 17.3. The predicted molar refractivity (Wildman–Crippen MR) is 183 cm³/mol. The minimum Gasteiger partial charge on any atom is -0.458 e. The van der Waals surface area contributed by atoms with Gasteiger partial charge in [-0.15, -0.1) is 0 Å². The van der Waals surface area contributed by atoms with E-state index < -0.39 is 47.3 Å². The minimum absolute atomic E-state index is 0.198. The van der Waals surface area contributed by atoms with Crippen molar-refractivity contribution in [3.63, 3.8) is 0 Å². The highest BCUT2D eigenvalue weighted by molar-refractivity contribution is 7.98. The Balaban J connectivity index is 2.05. The van der Waals surface area contributed by atoms with Crippen LogP contribution in [-0.2, 0) is 30.3 Å². The summed E-state index contributed by atoms with van der Waals surface area (Å²) in [4.78, 5) is 56.9. The van der Waals surface area contributed by atoms with Crippen LogP contribution in [0.4, 0.5) is 4.79 Å². The summed E-state index contributed by atoms with van der Waals surface area (Å²) in [6, 6.07) is 12.0. The fourth-order valence-electron chi connectivity index (χ4n) is 5.03. The first-order chi connectivity index (χ1) is 21.5. The summed E-state index contributed by atoms with van der Waals surface area (Å²) in [5.41, 5.74) is 1.99. The number of amides is 3. The van der Waals surface area contributed by atoms with Gasteiger partial charge in [-0.05, 0) is 109 Å². The second kappa shape index (κ2) is 15.8. The number of carbonyl (C=O) groups excluding carboxylic acids is 4. The molecule has 9 nitrogen and oxygen atoms in total. The summed E-state index contributed by atoms with van der Waals surface area (Å²) in [6.45, 7) is 14.6. The number of nitrogens with one attached hydrogen (secondary N) is 2. The van der Waals surface area contributed by atoms with Crippen LogP contribution in [0.3, 0.4) is 0 Å². The Bertz CT molecular complexity index is 1360. The van der Waals surface area contributed by atoms with Crippen molar-refractivity contribution in [1.29, 1.82) is 0 Å². The summed E-state index contributed by atoms with van der Waals surface area (Å²) in [5.74, 6) is -0.797. The second-order valence-corrected chi connectivity index (χ2v) is 15.0. The topological polar surface area (TPSA) is 114 Å². The molecule has 3 unspecified atom stereocenters. The van der Waals surface area contributed by atoms with Gasteiger partial charge in [0.2, 0.25) is 11.8 Å². The van der Waals surface area contributed by atoms with Gasteiger partial charge in [-0.3, -0.25) is 9.59 Å². The van der Waals surface area contributed by atoms with Gasteiger partial charge in [0, 0.05) is 12.5 Å². The van der Waals surface area contributed by atoms with Gasteiger partial charge in [0.25, 0.3) is 0 Å². The molecule has 0 aliphatic heterocycles. The highest BCUT2D eigenvalue weighted by atomic mass is 32.2. The molecule has 0 saturated heterocycles. The van der Waals surface area contributed by atoms with Gasteiger partial charge in [-0.25, -0.2) is 9.59 Å². The van der Waals surface area contributed by atoms with E-state index in [-0.39, 0.29) is 18.4 Å². The summed E-state index contributed by atoms with van der Waals surface area (Å²) in [6.07, 6.45) is 3.27. The molecule has 0 aromatic heterocycles. The molecule has 1 saturated carbocycles. The van der Waals surface area contributed by atoms with E-state index in [1.807, 2.05) is 68.6 Å². The summed E-state index contributed by atoms with van der Waals surface area (Å²) in [7, 11) is 0. The Morgan fingerprint density at radius 3 is 2.04 bits per heavy atom. The van der Waals surface area contributed by atoms with Crippen LogP contribution < -0.4 is 10.6 Å². The average molecular weight is 654 g/mol. The molecule has 0 bridgehead atoms. The molecule has 3 rings (SSSR count). The van der Waals surface area contributed by atoms with Gasteiger partial charge < -0.3 is 25.0 Å². The van der Waals surface area contributed by atoms with Crippen LogP contribution in [0.15, 0.2) is 48.5 Å². The number of esters is 1. The highest BCUT2D eigenvalue weighted by Crippen LogP contribution is 2.36. The number of alkyl carbamates (subject to hydrolysis) is 1. The minimum atomic E-state index is -1.04. The number of aryl methyl sites for hydroxylation is 2. The lowest BCUT2D eigenvalue weighted by atomic mass is 9.97. The van der Waals surface area contributed by atoms with Gasteiger partial charge in [0.15, 0.2) is 0 Å². The third-order valence-electron chi connectivity index (χ3n) is 7.46. The number of hydrogen-bond acceptors (Lipinski definition) is 7. The van der Waals surface area contributed by atoms with E-state index >= 15 is 0 Å². The second-order valence-electron chi connectivity index (χ2n) is 14.0. The van der Waals surface area contributed by atoms with Crippen LogP contribution in [0.5, 0.6) is 0 Å². The largest absolute Gasteiger partial charge is 0.458 e. The molecule has 0 spiro atoms. The van der Waals surface area contributed by atoms with Crippen LogP contribution in [-0.4, -0.2) is 70.1 Å². The molecule has 3 atom stereocenters. The fraction of sp³-hybridized carbons (Fsp3) is 0.556. The lowest BCUT2D eigenvalue weighted by Gasteiger charge is -2.35. The van der Waals surface area contributed by atoms with Crippen molar-refractivity contribution in [2.75, 3.05) is 12.0 Å². The maximum Gasteiger partial charge on any atom is 0.408 e. The van der Waals surface area contributed by atoms with Gasteiger partial charge in [0.05, 0.1) is 0 Å². The van der Waals surface area contributed by atoms with E-state index in [4.69, 9.17) is 9.47 Å². The van der Waals surface area contributed by atoms with Crippen molar-refractivity contribution >= 4 is 35.6 Å². The van der Waals surface area contributed by atoms with Crippen molar-refractivity contribution in [2.45, 2.75) is 116 Å². The lowest BCUT2D eigenvalue weighted by Crippen LogP contribution is -2.55. The number of rotatable bonds is 13. The van der Waals surface area contributed by atoms with Crippen LogP contribution in [0.1, 0.15) is 89.1 Å². The molecule has 0 heterocycles. The van der Waals surface area contributed by atoms with Crippen LogP contribution in [0, 0.1) is 13.8 Å². The monoisotopic (exact) mass is 653 g/mol. The summed E-state index contributed by atoms with van der Waals surface area (Å²) < 4.78 is 11.2. The maximum absolute atomic E-state index is 14.5. The standard InChI is InChI=1S/C36H51N3O6S/c1-23-15-16-26(21-24(23)2)30(31(40)37-29(33(42)44-35(3,4)5)22-25-13-11-10-12-14-25)39(27-17-18-27)32(41)28(19-20-46-9)38-34(43)45-36(6,7)8/h10-16,21,27-30H,17-20,22H2,1-9H3,(H,37,40)(H,38,43). The number of thioether (sulfide) groups is 1. The summed E-state index contributed by atoms with van der Waals surface area (Å²) in [5, 5.41) is 5.75. The summed E-state index contributed by atoms with van der Waals surface area (Å²) >= 11 is 1.56. The molecular weight excluding hydrogens is 602 g/mol. The van der Waals surface area contributed by atoms with Crippen LogP contribution in [0.25, 0.3) is 0 Å². The first-order valence-electron chi connectivity index (χ1n) is 15.9. The zero-order chi connectivity index (χ0) is 34.2.